The number of ether oxygens (including phenoxy) is 4. The number of hydrogen-bond donors (Lipinski definition) is 2. The van der Waals surface area contributed by atoms with Crippen LogP contribution in [0.5, 0.6) is 11.5 Å². The van der Waals surface area contributed by atoms with Crippen molar-refractivity contribution in [3.63, 3.8) is 0 Å². The van der Waals surface area contributed by atoms with E-state index in [1.165, 1.54) is 5.56 Å². The summed E-state index contributed by atoms with van der Waals surface area (Å²) in [6, 6.07) is 15.0. The summed E-state index contributed by atoms with van der Waals surface area (Å²) in [7, 11) is 3.43. The van der Waals surface area contributed by atoms with Crippen LogP contribution in [0.25, 0.3) is 0 Å². The Morgan fingerprint density at radius 2 is 2.03 bits per heavy atom. The lowest BCUT2D eigenvalue weighted by Crippen LogP contribution is -2.47. The number of rotatable bonds is 13. The van der Waals surface area contributed by atoms with Crippen molar-refractivity contribution in [3.8, 4) is 11.5 Å². The molecule has 0 saturated carbocycles. The zero-order chi connectivity index (χ0) is 26.9. The van der Waals surface area contributed by atoms with Gasteiger partial charge in [-0.2, -0.15) is 0 Å². The predicted octanol–water partition coefficient (Wildman–Crippen LogP) is 3.86. The number of anilines is 1. The first-order chi connectivity index (χ1) is 18.5. The van der Waals surface area contributed by atoms with Crippen LogP contribution in [-0.4, -0.2) is 65.1 Å². The second kappa shape index (κ2) is 13.8. The molecule has 0 radical (unpaired) electrons. The molecular formula is C30H43N3O5. The number of nitrogens with one attached hydrogen (secondary N) is 1. The average Bonchev–Trinajstić information content (AvgIpc) is 2.92. The van der Waals surface area contributed by atoms with E-state index in [0.717, 1.165) is 68.3 Å². The van der Waals surface area contributed by atoms with Crippen molar-refractivity contribution in [1.82, 2.24) is 5.32 Å². The molecule has 0 bridgehead atoms. The number of methoxy groups -OCH3 is 2. The van der Waals surface area contributed by atoms with Crippen LogP contribution in [0, 0.1) is 5.92 Å². The molecule has 0 unspecified atom stereocenters. The Kier molecular flexibility index (Phi) is 10.3. The highest BCUT2D eigenvalue weighted by Gasteiger charge is 2.33. The zero-order valence-electron chi connectivity index (χ0n) is 23.0. The lowest BCUT2D eigenvalue weighted by atomic mass is 9.81. The molecule has 8 nitrogen and oxygen atoms in total. The van der Waals surface area contributed by atoms with Gasteiger partial charge in [0.1, 0.15) is 18.1 Å². The van der Waals surface area contributed by atoms with E-state index in [1.54, 1.807) is 14.2 Å². The van der Waals surface area contributed by atoms with Gasteiger partial charge in [-0.15, -0.1) is 0 Å². The number of carbonyl (C=O) groups excluding carboxylic acids is 1. The summed E-state index contributed by atoms with van der Waals surface area (Å²) in [6.07, 6.45) is 3.26. The van der Waals surface area contributed by atoms with E-state index < -0.39 is 0 Å². The number of fused-ring (bicyclic) bond motifs is 1. The highest BCUT2D eigenvalue weighted by atomic mass is 16.5. The Hall–Kier alpha value is -2.81. The topological polar surface area (TPSA) is 95.3 Å². The van der Waals surface area contributed by atoms with Gasteiger partial charge in [-0.3, -0.25) is 4.79 Å². The molecule has 2 aliphatic heterocycles. The maximum Gasteiger partial charge on any atom is 0.217 e. The summed E-state index contributed by atoms with van der Waals surface area (Å²) < 4.78 is 23.1. The van der Waals surface area contributed by atoms with Crippen LogP contribution in [-0.2, 0) is 20.9 Å². The van der Waals surface area contributed by atoms with Gasteiger partial charge in [0.25, 0.3) is 0 Å². The molecule has 0 aliphatic carbocycles. The van der Waals surface area contributed by atoms with Crippen molar-refractivity contribution in [1.29, 1.82) is 0 Å². The van der Waals surface area contributed by atoms with E-state index in [9.17, 15) is 4.79 Å². The molecule has 2 heterocycles. The van der Waals surface area contributed by atoms with Crippen LogP contribution in [0.15, 0.2) is 42.5 Å². The molecule has 0 aromatic heterocycles. The number of hydrogen-bond acceptors (Lipinski definition) is 7. The average molecular weight is 526 g/mol. The molecule has 0 spiro atoms. The maximum atomic E-state index is 11.4. The second-order valence-electron chi connectivity index (χ2n) is 10.6. The van der Waals surface area contributed by atoms with Gasteiger partial charge in [-0.1, -0.05) is 25.1 Å². The Morgan fingerprint density at radius 3 is 2.76 bits per heavy atom. The molecule has 4 rings (SSSR count). The van der Waals surface area contributed by atoms with E-state index in [0.29, 0.717) is 25.7 Å². The molecule has 1 saturated heterocycles. The highest BCUT2D eigenvalue weighted by molar-refractivity contribution is 5.73. The third-order valence-electron chi connectivity index (χ3n) is 7.60. The summed E-state index contributed by atoms with van der Waals surface area (Å²) in [5, 5.41) is 3.68. The minimum Gasteiger partial charge on any atom is -0.497 e. The van der Waals surface area contributed by atoms with E-state index >= 15 is 0 Å². The fourth-order valence-corrected chi connectivity index (χ4v) is 5.68. The van der Waals surface area contributed by atoms with E-state index in [4.69, 9.17) is 24.7 Å². The molecule has 1 fully saturated rings. The summed E-state index contributed by atoms with van der Waals surface area (Å²) in [5.74, 6) is 2.01. The number of amides is 1. The van der Waals surface area contributed by atoms with Crippen LogP contribution >= 0.6 is 0 Å². The molecule has 8 heteroatoms. The minimum atomic E-state index is -0.242. The fourth-order valence-electron chi connectivity index (χ4n) is 5.68. The van der Waals surface area contributed by atoms with Gasteiger partial charge in [-0.05, 0) is 60.6 Å². The molecule has 1 amide bonds. The zero-order valence-corrected chi connectivity index (χ0v) is 23.0. The van der Waals surface area contributed by atoms with Gasteiger partial charge in [-0.25, -0.2) is 0 Å². The summed E-state index contributed by atoms with van der Waals surface area (Å²) in [5.41, 5.74) is 8.94. The quantitative estimate of drug-likeness (QED) is 0.384. The first-order valence-corrected chi connectivity index (χ1v) is 13.7. The normalized spacial score (nSPS) is 21.9. The van der Waals surface area contributed by atoms with Gasteiger partial charge >= 0.3 is 0 Å². The third-order valence-corrected chi connectivity index (χ3v) is 7.60. The van der Waals surface area contributed by atoms with Crippen molar-refractivity contribution in [2.45, 2.75) is 57.3 Å². The third kappa shape index (κ3) is 7.62. The van der Waals surface area contributed by atoms with Crippen LogP contribution in [0.2, 0.25) is 0 Å². The number of primary amides is 1. The van der Waals surface area contributed by atoms with Gasteiger partial charge in [0.05, 0.1) is 32.1 Å². The standard InChI is InChI=1S/C30H43N3O5/c1-21(16-30(31)34)15-24-18-26(23-6-8-25(36-3)9-7-23)29(19-32-24)38-20-22-5-10-28-27(17-22)33(12-14-37-28)11-4-13-35-2/h5-10,17,21,24,26,29,32H,4,11-16,18-20H2,1-3H3,(H2,31,34)/t21-,24-,26-,29+/m1/s1. The number of piperidine rings is 1. The highest BCUT2D eigenvalue weighted by Crippen LogP contribution is 2.35. The number of carbonyl (C=O) groups is 1. The first kappa shape index (κ1) is 28.2. The number of nitrogens with two attached hydrogens (primary N) is 1. The second-order valence-corrected chi connectivity index (χ2v) is 10.6. The van der Waals surface area contributed by atoms with Gasteiger partial charge in [0, 0.05) is 45.2 Å². The first-order valence-electron chi connectivity index (χ1n) is 13.7. The molecular weight excluding hydrogens is 482 g/mol. The number of nitrogens with zero attached hydrogens (tertiary/aromatic N) is 1. The van der Waals surface area contributed by atoms with E-state index in [-0.39, 0.29) is 23.8 Å². The van der Waals surface area contributed by atoms with Gasteiger partial charge < -0.3 is 34.9 Å². The monoisotopic (exact) mass is 525 g/mol. The van der Waals surface area contributed by atoms with Crippen molar-refractivity contribution in [3.05, 3.63) is 53.6 Å². The number of benzene rings is 2. The largest absolute Gasteiger partial charge is 0.497 e. The van der Waals surface area contributed by atoms with Crippen molar-refractivity contribution in [2.75, 3.05) is 52.0 Å². The van der Waals surface area contributed by atoms with Crippen LogP contribution in [0.1, 0.15) is 49.7 Å². The van der Waals surface area contributed by atoms with Crippen LogP contribution in [0.4, 0.5) is 5.69 Å². The van der Waals surface area contributed by atoms with Crippen molar-refractivity contribution >= 4 is 11.6 Å². The minimum absolute atomic E-state index is 0.0242. The molecule has 208 valence electrons. The Balaban J connectivity index is 1.44. The molecule has 2 aromatic carbocycles. The lowest BCUT2D eigenvalue weighted by molar-refractivity contribution is -0.118. The van der Waals surface area contributed by atoms with Gasteiger partial charge in [0.2, 0.25) is 5.91 Å². The van der Waals surface area contributed by atoms with Gasteiger partial charge in [0.15, 0.2) is 0 Å². The maximum absolute atomic E-state index is 11.4. The molecule has 38 heavy (non-hydrogen) atoms. The molecule has 2 aliphatic rings. The van der Waals surface area contributed by atoms with Crippen LogP contribution < -0.4 is 25.4 Å². The van der Waals surface area contributed by atoms with E-state index in [1.807, 2.05) is 12.1 Å². The van der Waals surface area contributed by atoms with E-state index in [2.05, 4.69) is 47.5 Å². The molecule has 2 aromatic rings. The van der Waals surface area contributed by atoms with Crippen molar-refractivity contribution < 1.29 is 23.7 Å². The van der Waals surface area contributed by atoms with Crippen LogP contribution in [0.3, 0.4) is 0 Å². The Bertz CT molecular complexity index is 1030. The fraction of sp³-hybridized carbons (Fsp3) is 0.567. The molecule has 4 atom stereocenters. The van der Waals surface area contributed by atoms with Crippen molar-refractivity contribution in [2.24, 2.45) is 11.7 Å². The predicted molar refractivity (Wildman–Crippen MR) is 149 cm³/mol. The summed E-state index contributed by atoms with van der Waals surface area (Å²) >= 11 is 0. The summed E-state index contributed by atoms with van der Waals surface area (Å²) in [4.78, 5) is 13.8. The lowest BCUT2D eigenvalue weighted by Gasteiger charge is -2.38. The Morgan fingerprint density at radius 1 is 1.21 bits per heavy atom. The SMILES string of the molecule is COCCCN1CCOc2ccc(CO[C@H]3CN[C@H](C[C@@H](C)CC(N)=O)C[C@@H]3c3ccc(OC)cc3)cc21. The summed E-state index contributed by atoms with van der Waals surface area (Å²) in [6.45, 7) is 6.64. The smallest absolute Gasteiger partial charge is 0.217 e. The Labute approximate surface area is 226 Å². The molecule has 3 N–H and O–H groups in total.